The quantitative estimate of drug-likeness (QED) is 0.220. The molecule has 0 saturated carbocycles. The van der Waals surface area contributed by atoms with E-state index in [0.29, 0.717) is 26.9 Å². The van der Waals surface area contributed by atoms with Crippen LogP contribution in [0.3, 0.4) is 0 Å². The molecule has 5 aromatic rings. The van der Waals surface area contributed by atoms with Crippen LogP contribution in [-0.4, -0.2) is 18.5 Å². The van der Waals surface area contributed by atoms with E-state index in [4.69, 9.17) is 0 Å². The first-order chi connectivity index (χ1) is 18.0. The SMILES string of the molecule is Cc1cc(C(C)(C)C)cc(S(=O)(=O)Nc2cc(Sc3cccc4cccnc34)c(O)c3ccccc23)c1C. The average Bonchev–Trinajstić information content (AvgIpc) is 2.87. The van der Waals surface area contributed by atoms with E-state index in [1.807, 2.05) is 62.4 Å². The van der Waals surface area contributed by atoms with Gasteiger partial charge in [-0.25, -0.2) is 8.42 Å². The lowest BCUT2D eigenvalue weighted by atomic mass is 9.85. The molecule has 2 N–H and O–H groups in total. The number of pyridine rings is 1. The number of sulfonamides is 1. The van der Waals surface area contributed by atoms with Crippen molar-refractivity contribution in [3.8, 4) is 5.75 Å². The van der Waals surface area contributed by atoms with Gasteiger partial charge in [0.1, 0.15) is 5.75 Å². The summed E-state index contributed by atoms with van der Waals surface area (Å²) in [6.45, 7) is 9.98. The molecule has 0 aliphatic rings. The standard InChI is InChI=1S/C31H30N2O3S2/c1-19-16-22(31(3,4)5)17-28(20(19)2)38(35,36)33-25-18-27(30(34)24-13-7-6-12-23(24)25)37-26-14-8-10-21-11-9-15-32-29(21)26/h6-18,33-34H,1-5H3. The van der Waals surface area contributed by atoms with Crippen LogP contribution < -0.4 is 4.72 Å². The summed E-state index contributed by atoms with van der Waals surface area (Å²) in [5.41, 5.74) is 3.62. The van der Waals surface area contributed by atoms with Crippen molar-refractivity contribution in [3.63, 3.8) is 0 Å². The Kier molecular flexibility index (Phi) is 6.61. The van der Waals surface area contributed by atoms with E-state index in [-0.39, 0.29) is 16.1 Å². The number of phenolic OH excluding ortho intramolecular Hbond substituents is 1. The van der Waals surface area contributed by atoms with Gasteiger partial charge in [0, 0.05) is 27.3 Å². The molecule has 1 aromatic heterocycles. The molecule has 0 aliphatic carbocycles. The maximum Gasteiger partial charge on any atom is 0.262 e. The number of phenols is 1. The van der Waals surface area contributed by atoms with Crippen LogP contribution in [0.2, 0.25) is 0 Å². The molecule has 5 nitrogen and oxygen atoms in total. The number of hydrogen-bond donors (Lipinski definition) is 2. The van der Waals surface area contributed by atoms with Crippen molar-refractivity contribution < 1.29 is 13.5 Å². The summed E-state index contributed by atoms with van der Waals surface area (Å²) < 4.78 is 30.5. The van der Waals surface area contributed by atoms with Crippen LogP contribution in [0.25, 0.3) is 21.7 Å². The Balaban J connectivity index is 1.64. The molecule has 4 aromatic carbocycles. The largest absolute Gasteiger partial charge is 0.506 e. The minimum atomic E-state index is -3.93. The van der Waals surface area contributed by atoms with Gasteiger partial charge in [0.15, 0.2) is 0 Å². The van der Waals surface area contributed by atoms with Gasteiger partial charge in [0.05, 0.1) is 21.0 Å². The van der Waals surface area contributed by atoms with Crippen molar-refractivity contribution in [2.24, 2.45) is 0 Å². The van der Waals surface area contributed by atoms with Crippen LogP contribution >= 0.6 is 11.8 Å². The number of benzene rings is 4. The second-order valence-corrected chi connectivity index (χ2v) is 13.3. The lowest BCUT2D eigenvalue weighted by Crippen LogP contribution is -2.18. The highest BCUT2D eigenvalue weighted by Gasteiger charge is 2.25. The minimum absolute atomic E-state index is 0.100. The molecule has 0 saturated heterocycles. The van der Waals surface area contributed by atoms with E-state index in [1.54, 1.807) is 24.4 Å². The van der Waals surface area contributed by atoms with Gasteiger partial charge in [0.2, 0.25) is 0 Å². The van der Waals surface area contributed by atoms with Crippen molar-refractivity contribution in [1.82, 2.24) is 4.98 Å². The van der Waals surface area contributed by atoms with E-state index in [1.165, 1.54) is 11.8 Å². The first kappa shape index (κ1) is 26.1. The molecule has 0 aliphatic heterocycles. The number of nitrogens with one attached hydrogen (secondary N) is 1. The number of hydrogen-bond acceptors (Lipinski definition) is 5. The molecular weight excluding hydrogens is 512 g/mol. The van der Waals surface area contributed by atoms with Crippen LogP contribution in [0.1, 0.15) is 37.5 Å². The summed E-state index contributed by atoms with van der Waals surface area (Å²) in [4.78, 5) is 6.18. The number of aromatic hydroxyl groups is 1. The number of rotatable bonds is 5. The molecule has 0 spiro atoms. The highest BCUT2D eigenvalue weighted by Crippen LogP contribution is 2.44. The number of fused-ring (bicyclic) bond motifs is 2. The number of nitrogens with zero attached hydrogens (tertiary/aromatic N) is 1. The summed E-state index contributed by atoms with van der Waals surface area (Å²) in [6, 6.07) is 22.5. The average molecular weight is 543 g/mol. The smallest absolute Gasteiger partial charge is 0.262 e. The summed E-state index contributed by atoms with van der Waals surface area (Å²) in [5, 5.41) is 13.4. The van der Waals surface area contributed by atoms with Gasteiger partial charge < -0.3 is 5.11 Å². The fourth-order valence-corrected chi connectivity index (χ4v) is 6.96. The maximum absolute atomic E-state index is 13.8. The third-order valence-corrected chi connectivity index (χ3v) is 9.39. The van der Waals surface area contributed by atoms with Gasteiger partial charge in [-0.2, -0.15) is 0 Å². The predicted molar refractivity (Wildman–Crippen MR) is 157 cm³/mol. The first-order valence-electron chi connectivity index (χ1n) is 12.4. The molecule has 0 radical (unpaired) electrons. The molecule has 0 bridgehead atoms. The van der Waals surface area contributed by atoms with E-state index >= 15 is 0 Å². The van der Waals surface area contributed by atoms with Crippen molar-refractivity contribution in [3.05, 3.63) is 95.7 Å². The first-order valence-corrected chi connectivity index (χ1v) is 14.7. The van der Waals surface area contributed by atoms with Crippen molar-refractivity contribution in [2.45, 2.75) is 54.7 Å². The van der Waals surface area contributed by atoms with Crippen molar-refractivity contribution in [2.75, 3.05) is 4.72 Å². The normalized spacial score (nSPS) is 12.2. The van der Waals surface area contributed by atoms with Crippen molar-refractivity contribution in [1.29, 1.82) is 0 Å². The number of aromatic nitrogens is 1. The summed E-state index contributed by atoms with van der Waals surface area (Å²) >= 11 is 1.36. The Labute approximate surface area is 228 Å². The van der Waals surface area contributed by atoms with Crippen LogP contribution in [0.4, 0.5) is 5.69 Å². The Hall–Kier alpha value is -3.55. The second-order valence-electron chi connectivity index (χ2n) is 10.5. The fraction of sp³-hybridized carbons (Fsp3) is 0.194. The fourth-order valence-electron chi connectivity index (χ4n) is 4.51. The Morgan fingerprint density at radius 1 is 0.868 bits per heavy atom. The number of para-hydroxylation sites is 1. The van der Waals surface area contributed by atoms with E-state index in [0.717, 1.165) is 26.9 Å². The van der Waals surface area contributed by atoms with Crippen LogP contribution in [0.15, 0.2) is 93.7 Å². The molecule has 38 heavy (non-hydrogen) atoms. The third-order valence-electron chi connectivity index (χ3n) is 6.82. The van der Waals surface area contributed by atoms with E-state index in [2.05, 4.69) is 36.5 Å². The molecule has 7 heteroatoms. The topological polar surface area (TPSA) is 79.3 Å². The zero-order chi connectivity index (χ0) is 27.2. The number of aryl methyl sites for hydroxylation is 1. The molecule has 0 unspecified atom stereocenters. The zero-order valence-corrected chi connectivity index (χ0v) is 23.7. The molecule has 0 amide bonds. The van der Waals surface area contributed by atoms with Gasteiger partial charge in [-0.05, 0) is 60.2 Å². The lowest BCUT2D eigenvalue weighted by Gasteiger charge is -2.23. The van der Waals surface area contributed by atoms with Gasteiger partial charge in [-0.1, -0.05) is 81.1 Å². The molecule has 194 valence electrons. The van der Waals surface area contributed by atoms with Gasteiger partial charge in [0.25, 0.3) is 10.0 Å². The van der Waals surface area contributed by atoms with Crippen LogP contribution in [0.5, 0.6) is 5.75 Å². The molecule has 1 heterocycles. The Morgan fingerprint density at radius 3 is 2.32 bits per heavy atom. The highest BCUT2D eigenvalue weighted by atomic mass is 32.2. The van der Waals surface area contributed by atoms with E-state index in [9.17, 15) is 13.5 Å². The minimum Gasteiger partial charge on any atom is -0.506 e. The lowest BCUT2D eigenvalue weighted by molar-refractivity contribution is 0.469. The zero-order valence-electron chi connectivity index (χ0n) is 22.0. The summed E-state index contributed by atoms with van der Waals surface area (Å²) in [5.74, 6) is 0.100. The predicted octanol–water partition coefficient (Wildman–Crippen LogP) is 7.96. The molecule has 0 fully saturated rings. The second kappa shape index (κ2) is 9.64. The number of anilines is 1. The highest BCUT2D eigenvalue weighted by molar-refractivity contribution is 7.99. The van der Waals surface area contributed by atoms with Crippen molar-refractivity contribution >= 4 is 49.1 Å². The van der Waals surface area contributed by atoms with Gasteiger partial charge >= 0.3 is 0 Å². The Morgan fingerprint density at radius 2 is 1.58 bits per heavy atom. The Bertz CT molecular complexity index is 1800. The third kappa shape index (κ3) is 4.84. The molecule has 0 atom stereocenters. The molecular formula is C31H30N2O3S2. The molecule has 5 rings (SSSR count). The maximum atomic E-state index is 13.8. The summed E-state index contributed by atoms with van der Waals surface area (Å²) in [6.07, 6.45) is 1.74. The van der Waals surface area contributed by atoms with E-state index < -0.39 is 10.0 Å². The van der Waals surface area contributed by atoms with Gasteiger partial charge in [-0.3, -0.25) is 9.71 Å². The van der Waals surface area contributed by atoms with Crippen LogP contribution in [-0.2, 0) is 15.4 Å². The van der Waals surface area contributed by atoms with Gasteiger partial charge in [-0.15, -0.1) is 0 Å². The summed E-state index contributed by atoms with van der Waals surface area (Å²) in [7, 11) is -3.93. The van der Waals surface area contributed by atoms with Crippen LogP contribution in [0, 0.1) is 13.8 Å². The monoisotopic (exact) mass is 542 g/mol.